The highest BCUT2D eigenvalue weighted by Crippen LogP contribution is 2.17. The molecule has 0 fully saturated rings. The van der Waals surface area contributed by atoms with Gasteiger partial charge in [0.05, 0.1) is 0 Å². The van der Waals surface area contributed by atoms with Crippen molar-refractivity contribution in [3.63, 3.8) is 0 Å². The largest absolute Gasteiger partial charge is 0.478 e. The molecule has 51 heavy (non-hydrogen) atoms. The van der Waals surface area contributed by atoms with E-state index in [4.69, 9.17) is 19.7 Å². The Morgan fingerprint density at radius 1 is 0.686 bits per heavy atom. The van der Waals surface area contributed by atoms with Gasteiger partial charge in [-0.25, -0.2) is 14.4 Å². The molecule has 0 aliphatic heterocycles. The van der Waals surface area contributed by atoms with Crippen molar-refractivity contribution in [3.8, 4) is 5.75 Å². The number of carbonyl (C=O) groups is 6. The van der Waals surface area contributed by atoms with Crippen molar-refractivity contribution in [2.24, 2.45) is 0 Å². The molecule has 2 atom stereocenters. The van der Waals surface area contributed by atoms with Crippen LogP contribution >= 0.6 is 0 Å². The fourth-order valence-corrected chi connectivity index (χ4v) is 4.92. The van der Waals surface area contributed by atoms with Crippen LogP contribution in [0.3, 0.4) is 0 Å². The summed E-state index contributed by atoms with van der Waals surface area (Å²) in [7, 11) is 0. The van der Waals surface area contributed by atoms with Crippen molar-refractivity contribution in [1.29, 1.82) is 0 Å². The summed E-state index contributed by atoms with van der Waals surface area (Å²) in [6, 6.07) is 19.0. The summed E-state index contributed by atoms with van der Waals surface area (Å²) in [5.74, 6) is -4.64. The number of hydrogen-bond acceptors (Lipinski definition) is 8. The lowest BCUT2D eigenvalue weighted by Gasteiger charge is -2.25. The highest BCUT2D eigenvalue weighted by atomic mass is 16.6. The van der Waals surface area contributed by atoms with Gasteiger partial charge in [0.15, 0.2) is 5.78 Å². The number of aliphatic carboxylic acids is 2. The Labute approximate surface area is 296 Å². The quantitative estimate of drug-likeness (QED) is 0.0724. The number of benzene rings is 3. The minimum absolute atomic E-state index is 0.00235. The standard InChI is InChI=1S/C38H45N3O10/c1-5-6-10-21-39-33(43)29(22-25-15-19-28(20-16-25)50-32(35(45)46)36(47)48)40-34(44)30(41-37(49)51-38(2,3)4)23-24-13-17-27(18-14-24)31(42)26-11-8-7-9-12-26/h7-9,11-20,29-30,32H,5-6,10,21-23H2,1-4H3,(H,39,43)(H,40,44)(H,41,49)(H,45,46)(H,47,48)/t29-,30-/m0/s1. The maximum absolute atomic E-state index is 13.8. The number of amides is 3. The number of nitrogens with one attached hydrogen (secondary N) is 3. The number of alkyl carbamates (subject to hydrolysis) is 1. The van der Waals surface area contributed by atoms with Crippen molar-refractivity contribution in [2.75, 3.05) is 6.54 Å². The molecule has 3 rings (SSSR count). The monoisotopic (exact) mass is 703 g/mol. The molecule has 0 bridgehead atoms. The summed E-state index contributed by atoms with van der Waals surface area (Å²) in [5, 5.41) is 26.4. The molecule has 0 saturated carbocycles. The van der Waals surface area contributed by atoms with Gasteiger partial charge in [-0.3, -0.25) is 14.4 Å². The first-order valence-electron chi connectivity index (χ1n) is 16.6. The maximum Gasteiger partial charge on any atom is 0.408 e. The fraction of sp³-hybridized carbons (Fsp3) is 0.368. The van der Waals surface area contributed by atoms with Crippen molar-refractivity contribution >= 4 is 35.6 Å². The Kier molecular flexibility index (Phi) is 14.7. The third-order valence-electron chi connectivity index (χ3n) is 7.48. The van der Waals surface area contributed by atoms with Gasteiger partial charge in [-0.1, -0.05) is 86.5 Å². The molecule has 5 N–H and O–H groups in total. The average molecular weight is 704 g/mol. The molecule has 0 aromatic heterocycles. The van der Waals surface area contributed by atoms with Gasteiger partial charge >= 0.3 is 18.0 Å². The topological polar surface area (TPSA) is 197 Å². The molecule has 0 spiro atoms. The first kappa shape index (κ1) is 39.7. The summed E-state index contributed by atoms with van der Waals surface area (Å²) < 4.78 is 10.5. The van der Waals surface area contributed by atoms with E-state index in [9.17, 15) is 28.8 Å². The highest BCUT2D eigenvalue weighted by Gasteiger charge is 2.30. The minimum atomic E-state index is -2.10. The lowest BCUT2D eigenvalue weighted by atomic mass is 9.99. The molecule has 0 heterocycles. The number of unbranched alkanes of at least 4 members (excludes halogenated alkanes) is 2. The Morgan fingerprint density at radius 3 is 1.75 bits per heavy atom. The molecular formula is C38H45N3O10. The van der Waals surface area contributed by atoms with Gasteiger partial charge in [-0.05, 0) is 50.5 Å². The Balaban J connectivity index is 1.84. The van der Waals surface area contributed by atoms with Gasteiger partial charge in [0, 0.05) is 30.5 Å². The van der Waals surface area contributed by atoms with Crippen molar-refractivity contribution in [3.05, 3.63) is 101 Å². The summed E-state index contributed by atoms with van der Waals surface area (Å²) in [6.45, 7) is 7.46. The number of ketones is 1. The van der Waals surface area contributed by atoms with E-state index in [0.29, 0.717) is 28.8 Å². The molecule has 3 aromatic carbocycles. The lowest BCUT2D eigenvalue weighted by molar-refractivity contribution is -0.159. The van der Waals surface area contributed by atoms with Crippen LogP contribution in [-0.2, 0) is 36.8 Å². The van der Waals surface area contributed by atoms with Crippen molar-refractivity contribution in [2.45, 2.75) is 83.6 Å². The fourth-order valence-electron chi connectivity index (χ4n) is 4.92. The van der Waals surface area contributed by atoms with Crippen LogP contribution in [0.5, 0.6) is 5.75 Å². The number of carboxylic acid groups (broad SMARTS) is 2. The van der Waals surface area contributed by atoms with Crippen LogP contribution in [0.25, 0.3) is 0 Å². The second-order valence-corrected chi connectivity index (χ2v) is 12.9. The van der Waals surface area contributed by atoms with Gasteiger partial charge in [0.1, 0.15) is 23.4 Å². The Bertz CT molecular complexity index is 1640. The van der Waals surface area contributed by atoms with E-state index < -0.39 is 53.6 Å². The highest BCUT2D eigenvalue weighted by molar-refractivity contribution is 6.09. The van der Waals surface area contributed by atoms with Crippen LogP contribution in [-0.4, -0.2) is 76.2 Å². The van der Waals surface area contributed by atoms with Gasteiger partial charge in [-0.2, -0.15) is 0 Å². The van der Waals surface area contributed by atoms with Crippen LogP contribution in [0, 0.1) is 0 Å². The van der Waals surface area contributed by atoms with Gasteiger partial charge in [0.2, 0.25) is 11.8 Å². The number of carbonyl (C=O) groups excluding carboxylic acids is 4. The Hall–Kier alpha value is -5.72. The zero-order valence-electron chi connectivity index (χ0n) is 29.1. The smallest absolute Gasteiger partial charge is 0.408 e. The second-order valence-electron chi connectivity index (χ2n) is 12.9. The zero-order chi connectivity index (χ0) is 37.6. The molecule has 3 amide bonds. The third kappa shape index (κ3) is 13.3. The molecule has 13 heteroatoms. The Morgan fingerprint density at radius 2 is 1.22 bits per heavy atom. The van der Waals surface area contributed by atoms with Gasteiger partial charge in [0.25, 0.3) is 6.10 Å². The molecule has 13 nitrogen and oxygen atoms in total. The van der Waals surface area contributed by atoms with E-state index in [0.717, 1.165) is 19.3 Å². The molecule has 0 aliphatic carbocycles. The van der Waals surface area contributed by atoms with E-state index in [1.807, 2.05) is 13.0 Å². The number of ether oxygens (including phenoxy) is 2. The first-order valence-corrected chi connectivity index (χ1v) is 16.6. The molecular weight excluding hydrogens is 658 g/mol. The summed E-state index contributed by atoms with van der Waals surface area (Å²) in [5.41, 5.74) is 1.31. The van der Waals surface area contributed by atoms with Crippen LogP contribution in [0.1, 0.15) is 74.0 Å². The van der Waals surface area contributed by atoms with Crippen LogP contribution in [0.15, 0.2) is 78.9 Å². The number of hydrogen-bond donors (Lipinski definition) is 5. The third-order valence-corrected chi connectivity index (χ3v) is 7.48. The number of rotatable bonds is 18. The number of carboxylic acids is 2. The molecule has 272 valence electrons. The maximum atomic E-state index is 13.8. The van der Waals surface area contributed by atoms with Crippen LogP contribution in [0.2, 0.25) is 0 Å². The van der Waals surface area contributed by atoms with E-state index in [1.165, 1.54) is 24.3 Å². The van der Waals surface area contributed by atoms with Gasteiger partial charge in [-0.15, -0.1) is 0 Å². The van der Waals surface area contributed by atoms with E-state index in [2.05, 4.69) is 16.0 Å². The van der Waals surface area contributed by atoms with Crippen LogP contribution in [0.4, 0.5) is 4.79 Å². The summed E-state index contributed by atoms with van der Waals surface area (Å²) in [6.07, 6.45) is -0.367. The van der Waals surface area contributed by atoms with Crippen molar-refractivity contribution < 1.29 is 48.5 Å². The predicted molar refractivity (Wildman–Crippen MR) is 187 cm³/mol. The minimum Gasteiger partial charge on any atom is -0.478 e. The normalized spacial score (nSPS) is 12.3. The van der Waals surface area contributed by atoms with Gasteiger partial charge < -0.3 is 35.6 Å². The molecule has 3 aromatic rings. The lowest BCUT2D eigenvalue weighted by Crippen LogP contribution is -2.55. The second kappa shape index (κ2) is 18.9. The molecule has 0 saturated heterocycles. The van der Waals surface area contributed by atoms with E-state index in [-0.39, 0.29) is 24.4 Å². The summed E-state index contributed by atoms with van der Waals surface area (Å²) in [4.78, 5) is 75.4. The molecule has 0 aliphatic rings. The average Bonchev–Trinajstić information content (AvgIpc) is 3.08. The van der Waals surface area contributed by atoms with E-state index in [1.54, 1.807) is 69.3 Å². The predicted octanol–water partition coefficient (Wildman–Crippen LogP) is 4.30. The van der Waals surface area contributed by atoms with Crippen molar-refractivity contribution in [1.82, 2.24) is 16.0 Å². The summed E-state index contributed by atoms with van der Waals surface area (Å²) >= 11 is 0. The van der Waals surface area contributed by atoms with Crippen LogP contribution < -0.4 is 20.7 Å². The zero-order valence-corrected chi connectivity index (χ0v) is 29.1. The first-order chi connectivity index (χ1) is 24.2. The van der Waals surface area contributed by atoms with E-state index >= 15 is 0 Å². The SMILES string of the molecule is CCCCCNC(=O)[C@H](Cc1ccc(OC(C(=O)O)C(=O)O)cc1)NC(=O)[C@H](Cc1ccc(C(=O)c2ccccc2)cc1)NC(=O)OC(C)(C)C. The molecule has 0 unspecified atom stereocenters. The molecule has 0 radical (unpaired) electrons.